The van der Waals surface area contributed by atoms with Gasteiger partial charge in [0.25, 0.3) is 0 Å². The van der Waals surface area contributed by atoms with Crippen LogP contribution in [0.15, 0.2) is 36.4 Å². The molecule has 0 bridgehead atoms. The molecular formula is C25H34N2O2S. The van der Waals surface area contributed by atoms with E-state index in [0.717, 1.165) is 57.7 Å². The lowest BCUT2D eigenvalue weighted by Gasteiger charge is -2.47. The largest absolute Gasteiger partial charge is 0.487 e. The van der Waals surface area contributed by atoms with Gasteiger partial charge >= 0.3 is 0 Å². The van der Waals surface area contributed by atoms with Crippen molar-refractivity contribution in [3.8, 4) is 5.75 Å². The summed E-state index contributed by atoms with van der Waals surface area (Å²) in [5.41, 5.74) is 1.07. The normalized spacial score (nSPS) is 20.6. The Hall–Kier alpha value is -1.85. The molecule has 4 rings (SSSR count). The summed E-state index contributed by atoms with van der Waals surface area (Å²) in [7, 11) is 0. The fraction of sp³-hybridized carbons (Fsp3) is 0.560. The number of hydrogen-bond acceptors (Lipinski definition) is 4. The summed E-state index contributed by atoms with van der Waals surface area (Å²) in [5, 5.41) is 0. The fourth-order valence-corrected chi connectivity index (χ4v) is 5.99. The zero-order chi connectivity index (χ0) is 21.1. The summed E-state index contributed by atoms with van der Waals surface area (Å²) in [6.45, 7) is 11.0. The molecule has 0 saturated carbocycles. The number of fused-ring (bicyclic) bond motifs is 1. The van der Waals surface area contributed by atoms with E-state index in [2.05, 4.69) is 62.1 Å². The Morgan fingerprint density at radius 1 is 1.17 bits per heavy atom. The Labute approximate surface area is 184 Å². The summed E-state index contributed by atoms with van der Waals surface area (Å²) in [6, 6.07) is 12.8. The van der Waals surface area contributed by atoms with Gasteiger partial charge in [-0.2, -0.15) is 0 Å². The Bertz CT molecular complexity index is 866. The van der Waals surface area contributed by atoms with E-state index < -0.39 is 0 Å². The van der Waals surface area contributed by atoms with Crippen LogP contribution in [0.1, 0.15) is 60.8 Å². The number of hydrogen-bond donors (Lipinski definition) is 0. The number of piperidine rings is 1. The van der Waals surface area contributed by atoms with Crippen molar-refractivity contribution < 1.29 is 9.53 Å². The van der Waals surface area contributed by atoms with Crippen LogP contribution >= 0.6 is 11.3 Å². The molecule has 4 nitrogen and oxygen atoms in total. The van der Waals surface area contributed by atoms with Gasteiger partial charge in [-0.15, -0.1) is 11.3 Å². The molecule has 2 aromatic rings. The maximum Gasteiger partial charge on any atom is 0.223 e. The second-order valence-electron chi connectivity index (χ2n) is 8.78. The standard InChI is InChI=1S/C25H34N2O2S/c1-4-27(5-2)24(28)16-20-17-25(29-23-9-7-6-8-22(20)23)12-14-26(15-13-25)18-21-11-10-19(3)30-21/h6-11,20H,4-5,12-18H2,1-3H3/t20-/m0/s1. The minimum atomic E-state index is -0.134. The number of thiophene rings is 1. The summed E-state index contributed by atoms with van der Waals surface area (Å²) < 4.78 is 6.64. The number of likely N-dealkylation sites (tertiary alicyclic amines) is 1. The zero-order valence-electron chi connectivity index (χ0n) is 18.5. The molecular weight excluding hydrogens is 392 g/mol. The Morgan fingerprint density at radius 3 is 2.57 bits per heavy atom. The predicted octanol–water partition coefficient (Wildman–Crippen LogP) is 5.22. The van der Waals surface area contributed by atoms with Gasteiger partial charge in [0.05, 0.1) is 0 Å². The van der Waals surface area contributed by atoms with Crippen molar-refractivity contribution in [3.05, 3.63) is 51.7 Å². The Morgan fingerprint density at radius 2 is 1.90 bits per heavy atom. The first-order valence-electron chi connectivity index (χ1n) is 11.4. The molecule has 1 amide bonds. The molecule has 2 aliphatic heterocycles. The summed E-state index contributed by atoms with van der Waals surface area (Å²) in [5.74, 6) is 1.50. The highest BCUT2D eigenvalue weighted by Crippen LogP contribution is 2.46. The molecule has 30 heavy (non-hydrogen) atoms. The molecule has 2 aliphatic rings. The van der Waals surface area contributed by atoms with Crippen molar-refractivity contribution >= 4 is 17.2 Å². The molecule has 0 unspecified atom stereocenters. The van der Waals surface area contributed by atoms with Crippen LogP contribution in [0.25, 0.3) is 0 Å². The van der Waals surface area contributed by atoms with Gasteiger partial charge in [0.2, 0.25) is 5.91 Å². The average Bonchev–Trinajstić information content (AvgIpc) is 3.15. The van der Waals surface area contributed by atoms with Crippen LogP contribution in [0.2, 0.25) is 0 Å². The van der Waals surface area contributed by atoms with Crippen LogP contribution in [-0.4, -0.2) is 47.5 Å². The fourth-order valence-electron chi connectivity index (χ4n) is 5.06. The van der Waals surface area contributed by atoms with Crippen molar-refractivity contribution in [1.29, 1.82) is 0 Å². The van der Waals surface area contributed by atoms with Gasteiger partial charge in [-0.3, -0.25) is 9.69 Å². The number of benzene rings is 1. The van der Waals surface area contributed by atoms with Crippen LogP contribution in [0, 0.1) is 6.92 Å². The molecule has 1 fully saturated rings. The molecule has 1 aromatic carbocycles. The van der Waals surface area contributed by atoms with E-state index in [4.69, 9.17) is 4.74 Å². The molecule has 0 N–H and O–H groups in total. The third-order valence-corrected chi connectivity index (χ3v) is 7.77. The van der Waals surface area contributed by atoms with Gasteiger partial charge in [0, 0.05) is 54.8 Å². The zero-order valence-corrected chi connectivity index (χ0v) is 19.3. The van der Waals surface area contributed by atoms with Crippen molar-refractivity contribution in [3.63, 3.8) is 0 Å². The van der Waals surface area contributed by atoms with E-state index in [0.29, 0.717) is 6.42 Å². The lowest BCUT2D eigenvalue weighted by Crippen LogP contribution is -2.50. The van der Waals surface area contributed by atoms with Gasteiger partial charge in [0.15, 0.2) is 0 Å². The number of ether oxygens (including phenoxy) is 1. The smallest absolute Gasteiger partial charge is 0.223 e. The van der Waals surface area contributed by atoms with Crippen molar-refractivity contribution in [2.75, 3.05) is 26.2 Å². The molecule has 1 saturated heterocycles. The molecule has 3 heterocycles. The van der Waals surface area contributed by atoms with Gasteiger partial charge in [-0.25, -0.2) is 0 Å². The van der Waals surface area contributed by atoms with Crippen LogP contribution in [0.3, 0.4) is 0 Å². The summed E-state index contributed by atoms with van der Waals surface area (Å²) in [6.07, 6.45) is 3.59. The van der Waals surface area contributed by atoms with Crippen molar-refractivity contribution in [1.82, 2.24) is 9.80 Å². The number of carbonyl (C=O) groups excluding carboxylic acids is 1. The number of para-hydroxylation sites is 1. The van der Waals surface area contributed by atoms with Gasteiger partial charge < -0.3 is 9.64 Å². The van der Waals surface area contributed by atoms with Crippen molar-refractivity contribution in [2.45, 2.75) is 64.5 Å². The van der Waals surface area contributed by atoms with E-state index in [1.165, 1.54) is 15.3 Å². The van der Waals surface area contributed by atoms with Crippen LogP contribution < -0.4 is 4.74 Å². The predicted molar refractivity (Wildman–Crippen MR) is 123 cm³/mol. The van der Waals surface area contributed by atoms with E-state index >= 15 is 0 Å². The summed E-state index contributed by atoms with van der Waals surface area (Å²) >= 11 is 1.90. The topological polar surface area (TPSA) is 32.8 Å². The van der Waals surface area contributed by atoms with Gasteiger partial charge in [-0.1, -0.05) is 18.2 Å². The number of carbonyl (C=O) groups is 1. The number of rotatable bonds is 6. The SMILES string of the molecule is CCN(CC)C(=O)C[C@H]1CC2(CCN(Cc3ccc(C)s3)CC2)Oc2ccccc21. The van der Waals surface area contributed by atoms with Crippen molar-refractivity contribution in [2.24, 2.45) is 0 Å². The first-order chi connectivity index (χ1) is 14.5. The average molecular weight is 427 g/mol. The maximum absolute atomic E-state index is 12.9. The molecule has 5 heteroatoms. The number of aryl methyl sites for hydroxylation is 1. The highest BCUT2D eigenvalue weighted by atomic mass is 32.1. The van der Waals surface area contributed by atoms with E-state index in [-0.39, 0.29) is 17.4 Å². The molecule has 1 atom stereocenters. The third kappa shape index (κ3) is 4.57. The number of amides is 1. The van der Waals surface area contributed by atoms with Crippen LogP contribution in [0.4, 0.5) is 0 Å². The second kappa shape index (κ2) is 9.11. The highest BCUT2D eigenvalue weighted by Gasteiger charge is 2.43. The minimum absolute atomic E-state index is 0.134. The van der Waals surface area contributed by atoms with Crippen LogP contribution in [-0.2, 0) is 11.3 Å². The first-order valence-corrected chi connectivity index (χ1v) is 12.2. The lowest BCUT2D eigenvalue weighted by atomic mass is 9.76. The summed E-state index contributed by atoms with van der Waals surface area (Å²) in [4.78, 5) is 20.2. The Balaban J connectivity index is 1.46. The lowest BCUT2D eigenvalue weighted by molar-refractivity contribution is -0.131. The quantitative estimate of drug-likeness (QED) is 0.635. The van der Waals surface area contributed by atoms with E-state index in [1.54, 1.807) is 0 Å². The monoisotopic (exact) mass is 426 g/mol. The third-order valence-electron chi connectivity index (χ3n) is 6.78. The molecule has 1 aromatic heterocycles. The van der Waals surface area contributed by atoms with E-state index in [9.17, 15) is 4.79 Å². The highest BCUT2D eigenvalue weighted by molar-refractivity contribution is 7.11. The molecule has 0 radical (unpaired) electrons. The minimum Gasteiger partial charge on any atom is -0.487 e. The molecule has 0 aliphatic carbocycles. The van der Waals surface area contributed by atoms with E-state index in [1.807, 2.05) is 16.2 Å². The maximum atomic E-state index is 12.9. The van der Waals surface area contributed by atoms with Gasteiger partial charge in [-0.05, 0) is 63.8 Å². The van der Waals surface area contributed by atoms with Gasteiger partial charge in [0.1, 0.15) is 11.4 Å². The number of nitrogens with zero attached hydrogens (tertiary/aromatic N) is 2. The van der Waals surface area contributed by atoms with Crippen LogP contribution in [0.5, 0.6) is 5.75 Å². The Kier molecular flexibility index (Phi) is 6.49. The second-order valence-corrected chi connectivity index (χ2v) is 10.2. The molecule has 162 valence electrons. The first kappa shape index (κ1) is 21.4. The molecule has 1 spiro atoms.